The number of nitro groups is 1. The lowest BCUT2D eigenvalue weighted by atomic mass is 10.1. The van der Waals surface area contributed by atoms with Gasteiger partial charge in [-0.05, 0) is 56.3 Å². The minimum Gasteiger partial charge on any atom is -0.350 e. The molecule has 0 radical (unpaired) electrons. The third-order valence-electron chi connectivity index (χ3n) is 4.97. The van der Waals surface area contributed by atoms with Crippen LogP contribution >= 0.6 is 0 Å². The lowest BCUT2D eigenvalue weighted by Gasteiger charge is -2.23. The highest BCUT2D eigenvalue weighted by Gasteiger charge is 2.19. The number of hydrogen-bond acceptors (Lipinski definition) is 4. The molecule has 7 nitrogen and oxygen atoms in total. The predicted molar refractivity (Wildman–Crippen MR) is 119 cm³/mol. The maximum atomic E-state index is 13.4. The number of benzene rings is 3. The van der Waals surface area contributed by atoms with Crippen LogP contribution < -0.4 is 10.2 Å². The van der Waals surface area contributed by atoms with Gasteiger partial charge in [0.1, 0.15) is 5.82 Å². The Kier molecular flexibility index (Phi) is 6.94. The second-order valence-electron chi connectivity index (χ2n) is 7.31. The first-order chi connectivity index (χ1) is 15.3. The van der Waals surface area contributed by atoms with Crippen molar-refractivity contribution in [1.29, 1.82) is 0 Å². The van der Waals surface area contributed by atoms with Crippen LogP contribution in [0.1, 0.15) is 31.8 Å². The normalized spacial score (nSPS) is 10.5. The van der Waals surface area contributed by atoms with E-state index in [2.05, 4.69) is 5.32 Å². The van der Waals surface area contributed by atoms with E-state index in [1.165, 1.54) is 47.4 Å². The summed E-state index contributed by atoms with van der Waals surface area (Å²) in [7, 11) is 0. The van der Waals surface area contributed by atoms with E-state index >= 15 is 0 Å². The van der Waals surface area contributed by atoms with Crippen molar-refractivity contribution < 1.29 is 18.9 Å². The number of carbonyl (C=O) groups is 2. The maximum absolute atomic E-state index is 13.4. The van der Waals surface area contributed by atoms with Crippen molar-refractivity contribution in [2.45, 2.75) is 13.8 Å². The molecule has 0 fully saturated rings. The minimum atomic E-state index is -0.539. The molecule has 0 heterocycles. The summed E-state index contributed by atoms with van der Waals surface area (Å²) in [6.07, 6.45) is 0. The van der Waals surface area contributed by atoms with E-state index in [-0.39, 0.29) is 30.2 Å². The van der Waals surface area contributed by atoms with Gasteiger partial charge in [-0.25, -0.2) is 4.39 Å². The Balaban J connectivity index is 1.75. The number of hydrogen-bond donors (Lipinski definition) is 1. The van der Waals surface area contributed by atoms with Crippen molar-refractivity contribution in [3.63, 3.8) is 0 Å². The molecule has 32 heavy (non-hydrogen) atoms. The van der Waals surface area contributed by atoms with Crippen LogP contribution in [0.3, 0.4) is 0 Å². The average molecular weight is 435 g/mol. The Bertz CT molecular complexity index is 1140. The third kappa shape index (κ3) is 5.34. The van der Waals surface area contributed by atoms with Gasteiger partial charge in [0.15, 0.2) is 0 Å². The van der Waals surface area contributed by atoms with Crippen LogP contribution in [0.15, 0.2) is 66.7 Å². The number of anilines is 1. The van der Waals surface area contributed by atoms with Crippen molar-refractivity contribution in [3.8, 4) is 0 Å². The van der Waals surface area contributed by atoms with Crippen LogP contribution in [0, 0.1) is 29.8 Å². The Labute approximate surface area is 184 Å². The molecule has 0 saturated carbocycles. The fraction of sp³-hybridized carbons (Fsp3) is 0.167. The smallest absolute Gasteiger partial charge is 0.273 e. The van der Waals surface area contributed by atoms with E-state index in [1.54, 1.807) is 19.1 Å². The summed E-state index contributed by atoms with van der Waals surface area (Å²) in [6.45, 7) is 3.72. The fourth-order valence-electron chi connectivity index (χ4n) is 3.15. The summed E-state index contributed by atoms with van der Waals surface area (Å²) in [6, 6.07) is 16.8. The summed E-state index contributed by atoms with van der Waals surface area (Å²) in [5.41, 5.74) is 2.42. The zero-order valence-electron chi connectivity index (χ0n) is 17.7. The highest BCUT2D eigenvalue weighted by Crippen LogP contribution is 2.20. The van der Waals surface area contributed by atoms with Gasteiger partial charge in [0.2, 0.25) is 0 Å². The van der Waals surface area contributed by atoms with Crippen molar-refractivity contribution in [1.82, 2.24) is 5.32 Å². The van der Waals surface area contributed by atoms with Gasteiger partial charge in [0.05, 0.1) is 4.92 Å². The van der Waals surface area contributed by atoms with E-state index in [1.807, 2.05) is 19.1 Å². The monoisotopic (exact) mass is 435 g/mol. The van der Waals surface area contributed by atoms with Crippen LogP contribution in [0.2, 0.25) is 0 Å². The zero-order chi connectivity index (χ0) is 23.3. The lowest BCUT2D eigenvalue weighted by molar-refractivity contribution is -0.385. The molecule has 3 rings (SSSR count). The molecule has 0 aromatic heterocycles. The number of rotatable bonds is 7. The molecule has 3 aromatic carbocycles. The van der Waals surface area contributed by atoms with E-state index in [4.69, 9.17) is 0 Å². The van der Waals surface area contributed by atoms with Crippen molar-refractivity contribution >= 4 is 23.2 Å². The Morgan fingerprint density at radius 1 is 0.969 bits per heavy atom. The van der Waals surface area contributed by atoms with Crippen LogP contribution in [0.5, 0.6) is 0 Å². The molecule has 0 atom stereocenters. The molecule has 0 aliphatic carbocycles. The van der Waals surface area contributed by atoms with Crippen molar-refractivity contribution in [3.05, 3.63) is 105 Å². The van der Waals surface area contributed by atoms with Gasteiger partial charge in [0.25, 0.3) is 17.5 Å². The lowest BCUT2D eigenvalue weighted by Crippen LogP contribution is -2.38. The minimum absolute atomic E-state index is 0.0927. The second kappa shape index (κ2) is 9.82. The molecule has 0 bridgehead atoms. The molecule has 3 aromatic rings. The first-order valence-electron chi connectivity index (χ1n) is 9.93. The number of amides is 2. The Hall–Kier alpha value is -4.07. The molecule has 0 aliphatic heterocycles. The highest BCUT2D eigenvalue weighted by atomic mass is 19.1. The van der Waals surface area contributed by atoms with Gasteiger partial charge in [0, 0.05) is 41.5 Å². The van der Waals surface area contributed by atoms with E-state index in [0.29, 0.717) is 16.8 Å². The number of halogens is 1. The van der Waals surface area contributed by atoms with E-state index < -0.39 is 16.6 Å². The molecule has 2 amide bonds. The van der Waals surface area contributed by atoms with Gasteiger partial charge in [-0.1, -0.05) is 23.8 Å². The summed E-state index contributed by atoms with van der Waals surface area (Å²) in [4.78, 5) is 37.6. The highest BCUT2D eigenvalue weighted by molar-refractivity contribution is 6.06. The molecule has 164 valence electrons. The number of nitrogens with zero attached hydrogens (tertiary/aromatic N) is 2. The number of nitrogens with one attached hydrogen (secondary N) is 1. The molecule has 0 saturated heterocycles. The quantitative estimate of drug-likeness (QED) is 0.439. The fourth-order valence-corrected chi connectivity index (χ4v) is 3.15. The molecular weight excluding hydrogens is 413 g/mol. The van der Waals surface area contributed by atoms with Crippen molar-refractivity contribution in [2.24, 2.45) is 0 Å². The average Bonchev–Trinajstić information content (AvgIpc) is 2.77. The van der Waals surface area contributed by atoms with Crippen LogP contribution in [0.4, 0.5) is 15.8 Å². The summed E-state index contributed by atoms with van der Waals surface area (Å²) in [5.74, 6) is -1.21. The zero-order valence-corrected chi connectivity index (χ0v) is 17.7. The molecular formula is C24H22FN3O4. The molecule has 0 aliphatic rings. The van der Waals surface area contributed by atoms with Crippen LogP contribution in [0.25, 0.3) is 0 Å². The summed E-state index contributed by atoms with van der Waals surface area (Å²) in [5, 5.41) is 13.8. The summed E-state index contributed by atoms with van der Waals surface area (Å²) >= 11 is 0. The van der Waals surface area contributed by atoms with Gasteiger partial charge in [-0.2, -0.15) is 0 Å². The van der Waals surface area contributed by atoms with Gasteiger partial charge in [-0.15, -0.1) is 0 Å². The second-order valence-corrected chi connectivity index (χ2v) is 7.31. The van der Waals surface area contributed by atoms with Crippen molar-refractivity contribution in [2.75, 3.05) is 18.0 Å². The topological polar surface area (TPSA) is 92.6 Å². The molecule has 1 N–H and O–H groups in total. The third-order valence-corrected chi connectivity index (χ3v) is 4.97. The van der Waals surface area contributed by atoms with Crippen LogP contribution in [-0.4, -0.2) is 29.8 Å². The Morgan fingerprint density at radius 2 is 1.59 bits per heavy atom. The first-order valence-corrected chi connectivity index (χ1v) is 9.93. The van der Waals surface area contributed by atoms with Gasteiger partial charge in [-0.3, -0.25) is 19.7 Å². The number of carbonyl (C=O) groups excluding carboxylic acids is 2. The number of aryl methyl sites for hydroxylation is 2. The largest absolute Gasteiger partial charge is 0.350 e. The van der Waals surface area contributed by atoms with Crippen LogP contribution in [-0.2, 0) is 0 Å². The Morgan fingerprint density at radius 3 is 2.22 bits per heavy atom. The molecule has 0 spiro atoms. The SMILES string of the molecule is Cc1ccc(C(=O)N(CCNC(=O)c2ccc(C)c([N+](=O)[O-])c2)c2ccc(F)cc2)cc1. The maximum Gasteiger partial charge on any atom is 0.273 e. The summed E-state index contributed by atoms with van der Waals surface area (Å²) < 4.78 is 13.4. The van der Waals surface area contributed by atoms with E-state index in [0.717, 1.165) is 5.56 Å². The van der Waals surface area contributed by atoms with Gasteiger partial charge >= 0.3 is 0 Å². The first kappa shape index (κ1) is 22.6. The molecule has 0 unspecified atom stereocenters. The standard InChI is InChI=1S/C24H22FN3O4/c1-16-3-6-18(7-4-16)24(30)27(21-11-9-20(25)10-12-21)14-13-26-23(29)19-8-5-17(2)22(15-19)28(31)32/h3-12,15H,13-14H2,1-2H3,(H,26,29). The van der Waals surface area contributed by atoms with E-state index in [9.17, 15) is 24.1 Å². The van der Waals surface area contributed by atoms with Gasteiger partial charge < -0.3 is 10.2 Å². The number of nitro benzene ring substituents is 1. The predicted octanol–water partition coefficient (Wildman–Crippen LogP) is 4.43. The molecule has 8 heteroatoms.